The Morgan fingerprint density at radius 1 is 0.917 bits per heavy atom. The van der Waals surface area contributed by atoms with Crippen LogP contribution in [0.25, 0.3) is 0 Å². The minimum atomic E-state index is -0.617. The maximum absolute atomic E-state index is 11.9. The minimum absolute atomic E-state index is 0.00506. The van der Waals surface area contributed by atoms with E-state index in [2.05, 4.69) is 4.98 Å². The summed E-state index contributed by atoms with van der Waals surface area (Å²) >= 11 is 0. The second-order valence-electron chi connectivity index (χ2n) is 4.79. The summed E-state index contributed by atoms with van der Waals surface area (Å²) in [5, 5.41) is 0. The van der Waals surface area contributed by atoms with E-state index in [-0.39, 0.29) is 24.6 Å². The maximum atomic E-state index is 11.9. The van der Waals surface area contributed by atoms with Crippen LogP contribution >= 0.6 is 0 Å². The van der Waals surface area contributed by atoms with Crippen molar-refractivity contribution < 1.29 is 23.8 Å². The summed E-state index contributed by atoms with van der Waals surface area (Å²) in [7, 11) is 0. The first-order chi connectivity index (χ1) is 11.6. The zero-order valence-corrected chi connectivity index (χ0v) is 13.7. The molecular weight excluding hydrogens is 310 g/mol. The summed E-state index contributed by atoms with van der Waals surface area (Å²) < 4.78 is 15.5. The van der Waals surface area contributed by atoms with E-state index in [9.17, 15) is 9.59 Å². The number of nitrogens with zero attached hydrogens (tertiary/aromatic N) is 1. The molecule has 126 valence electrons. The van der Waals surface area contributed by atoms with Gasteiger partial charge in [0.25, 0.3) is 0 Å². The molecule has 2 rings (SSSR count). The topological polar surface area (TPSA) is 74.7 Å². The van der Waals surface area contributed by atoms with Gasteiger partial charge in [-0.05, 0) is 19.4 Å². The number of ether oxygens (including phenoxy) is 3. The summed E-state index contributed by atoms with van der Waals surface area (Å²) in [5.74, 6) is -0.888. The molecule has 1 aromatic heterocycles. The molecule has 1 aromatic carbocycles. The summed E-state index contributed by atoms with van der Waals surface area (Å²) in [6, 6.07) is 12.4. The first kappa shape index (κ1) is 17.5. The molecule has 1 heterocycles. The highest BCUT2D eigenvalue weighted by molar-refractivity contribution is 5.92. The van der Waals surface area contributed by atoms with Crippen LogP contribution in [0.3, 0.4) is 0 Å². The molecule has 0 unspecified atom stereocenters. The minimum Gasteiger partial charge on any atom is -0.489 e. The molecule has 0 fully saturated rings. The first-order valence-electron chi connectivity index (χ1n) is 7.67. The number of carbonyl (C=O) groups is 2. The Kier molecular flexibility index (Phi) is 6.31. The zero-order valence-electron chi connectivity index (χ0n) is 13.7. The third kappa shape index (κ3) is 4.81. The van der Waals surface area contributed by atoms with E-state index in [4.69, 9.17) is 14.2 Å². The van der Waals surface area contributed by atoms with Crippen molar-refractivity contribution in [1.29, 1.82) is 0 Å². The Balaban J connectivity index is 2.24. The predicted octanol–water partition coefficient (Wildman–Crippen LogP) is 3.01. The Morgan fingerprint density at radius 3 is 1.96 bits per heavy atom. The van der Waals surface area contributed by atoms with E-state index >= 15 is 0 Å². The largest absolute Gasteiger partial charge is 0.489 e. The van der Waals surface area contributed by atoms with Gasteiger partial charge in [-0.2, -0.15) is 0 Å². The van der Waals surface area contributed by atoms with Gasteiger partial charge in [0.05, 0.1) is 13.2 Å². The van der Waals surface area contributed by atoms with E-state index in [1.54, 1.807) is 13.8 Å². The van der Waals surface area contributed by atoms with E-state index in [0.717, 1.165) is 5.56 Å². The van der Waals surface area contributed by atoms with Crippen LogP contribution in [-0.2, 0) is 16.1 Å². The lowest BCUT2D eigenvalue weighted by atomic mass is 10.2. The molecule has 6 nitrogen and oxygen atoms in total. The molecule has 0 aliphatic rings. The molecule has 0 atom stereocenters. The Hall–Kier alpha value is -2.89. The number of aromatic nitrogens is 1. The molecule has 24 heavy (non-hydrogen) atoms. The smallest absolute Gasteiger partial charge is 0.357 e. The molecule has 0 bridgehead atoms. The molecule has 0 aliphatic carbocycles. The number of hydrogen-bond donors (Lipinski definition) is 0. The molecule has 6 heteroatoms. The Bertz CT molecular complexity index is 664. The van der Waals surface area contributed by atoms with Gasteiger partial charge < -0.3 is 14.2 Å². The standard InChI is InChI=1S/C18H19NO5/c1-3-22-17(20)15-10-14(11-16(19-15)18(21)23-4-2)24-12-13-8-6-5-7-9-13/h5-11H,3-4,12H2,1-2H3. The van der Waals surface area contributed by atoms with Crippen LogP contribution in [-0.4, -0.2) is 30.1 Å². The Labute approximate surface area is 140 Å². The summed E-state index contributed by atoms with van der Waals surface area (Å²) in [4.78, 5) is 27.8. The number of hydrogen-bond acceptors (Lipinski definition) is 6. The fourth-order valence-electron chi connectivity index (χ4n) is 1.95. The van der Waals surface area contributed by atoms with Crippen LogP contribution in [0.15, 0.2) is 42.5 Å². The van der Waals surface area contributed by atoms with Gasteiger partial charge in [0.15, 0.2) is 11.4 Å². The maximum Gasteiger partial charge on any atom is 0.357 e. The van der Waals surface area contributed by atoms with Crippen molar-refractivity contribution in [1.82, 2.24) is 4.98 Å². The van der Waals surface area contributed by atoms with E-state index in [1.165, 1.54) is 12.1 Å². The highest BCUT2D eigenvalue weighted by atomic mass is 16.5. The van der Waals surface area contributed by atoms with E-state index < -0.39 is 11.9 Å². The van der Waals surface area contributed by atoms with Crippen molar-refractivity contribution in [3.63, 3.8) is 0 Å². The van der Waals surface area contributed by atoms with Crippen molar-refractivity contribution in [3.8, 4) is 5.75 Å². The van der Waals surface area contributed by atoms with Gasteiger partial charge in [-0.25, -0.2) is 14.6 Å². The molecule has 2 aromatic rings. The van der Waals surface area contributed by atoms with E-state index in [0.29, 0.717) is 12.4 Å². The zero-order chi connectivity index (χ0) is 17.4. The van der Waals surface area contributed by atoms with Crippen LogP contribution in [0.5, 0.6) is 5.75 Å². The third-order valence-electron chi connectivity index (χ3n) is 3.02. The SMILES string of the molecule is CCOC(=O)c1cc(OCc2ccccc2)cc(C(=O)OCC)n1. The van der Waals surface area contributed by atoms with Crippen molar-refractivity contribution in [2.24, 2.45) is 0 Å². The number of benzene rings is 1. The van der Waals surface area contributed by atoms with E-state index in [1.807, 2.05) is 30.3 Å². The van der Waals surface area contributed by atoms with Crippen LogP contribution in [0.2, 0.25) is 0 Å². The monoisotopic (exact) mass is 329 g/mol. The van der Waals surface area contributed by atoms with Crippen molar-refractivity contribution in [3.05, 3.63) is 59.4 Å². The van der Waals surface area contributed by atoms with Gasteiger partial charge in [0.2, 0.25) is 0 Å². The highest BCUT2D eigenvalue weighted by Gasteiger charge is 2.17. The van der Waals surface area contributed by atoms with Crippen molar-refractivity contribution in [2.75, 3.05) is 13.2 Å². The lowest BCUT2D eigenvalue weighted by Crippen LogP contribution is -2.13. The van der Waals surface area contributed by atoms with Gasteiger partial charge >= 0.3 is 11.9 Å². The lowest BCUT2D eigenvalue weighted by Gasteiger charge is -2.10. The molecule has 0 aliphatic heterocycles. The number of rotatable bonds is 7. The second kappa shape index (κ2) is 8.67. The van der Waals surface area contributed by atoms with Gasteiger partial charge in [-0.1, -0.05) is 30.3 Å². The Morgan fingerprint density at radius 2 is 1.46 bits per heavy atom. The van der Waals surface area contributed by atoms with Crippen LogP contribution in [0, 0.1) is 0 Å². The molecule has 0 saturated heterocycles. The van der Waals surface area contributed by atoms with Crippen LogP contribution in [0.4, 0.5) is 0 Å². The molecular formula is C18H19NO5. The highest BCUT2D eigenvalue weighted by Crippen LogP contribution is 2.18. The van der Waals surface area contributed by atoms with Gasteiger partial charge in [-0.3, -0.25) is 0 Å². The van der Waals surface area contributed by atoms with Crippen molar-refractivity contribution >= 4 is 11.9 Å². The molecule has 0 saturated carbocycles. The third-order valence-corrected chi connectivity index (χ3v) is 3.02. The number of esters is 2. The van der Waals surface area contributed by atoms with Gasteiger partial charge in [0, 0.05) is 12.1 Å². The van der Waals surface area contributed by atoms with Crippen molar-refractivity contribution in [2.45, 2.75) is 20.5 Å². The van der Waals surface area contributed by atoms with Gasteiger partial charge in [0.1, 0.15) is 12.4 Å². The lowest BCUT2D eigenvalue weighted by molar-refractivity contribution is 0.0510. The molecule has 0 amide bonds. The molecule has 0 radical (unpaired) electrons. The predicted molar refractivity (Wildman–Crippen MR) is 86.9 cm³/mol. The molecule has 0 spiro atoms. The summed E-state index contributed by atoms with van der Waals surface area (Å²) in [6.07, 6.45) is 0. The fourth-order valence-corrected chi connectivity index (χ4v) is 1.95. The second-order valence-corrected chi connectivity index (χ2v) is 4.79. The average Bonchev–Trinajstić information content (AvgIpc) is 2.61. The number of pyridine rings is 1. The average molecular weight is 329 g/mol. The van der Waals surface area contributed by atoms with Crippen LogP contribution in [0.1, 0.15) is 40.4 Å². The first-order valence-corrected chi connectivity index (χ1v) is 7.67. The van der Waals surface area contributed by atoms with Crippen LogP contribution < -0.4 is 4.74 Å². The van der Waals surface area contributed by atoms with Gasteiger partial charge in [-0.15, -0.1) is 0 Å². The number of carbonyl (C=O) groups excluding carboxylic acids is 2. The summed E-state index contributed by atoms with van der Waals surface area (Å²) in [5.41, 5.74) is 0.973. The summed E-state index contributed by atoms with van der Waals surface area (Å²) in [6.45, 7) is 4.11. The quantitative estimate of drug-likeness (QED) is 0.727. The fraction of sp³-hybridized carbons (Fsp3) is 0.278. The molecule has 0 N–H and O–H groups in total. The normalized spacial score (nSPS) is 10.1.